The third-order valence-corrected chi connectivity index (χ3v) is 4.67. The Bertz CT molecular complexity index is 1090. The fraction of sp³-hybridized carbons (Fsp3) is 0.190. The average Bonchev–Trinajstić information content (AvgIpc) is 2.61. The van der Waals surface area contributed by atoms with Crippen LogP contribution in [0, 0.1) is 0 Å². The highest BCUT2D eigenvalue weighted by Gasteiger charge is 2.17. The molecule has 3 aromatic rings. The maximum atomic E-state index is 9.86. The minimum Gasteiger partial charge on any atom is -0.508 e. The van der Waals surface area contributed by atoms with E-state index in [2.05, 4.69) is 31.4 Å². The molecule has 1 aliphatic heterocycles. The van der Waals surface area contributed by atoms with Crippen molar-refractivity contribution >= 4 is 28.7 Å². The smallest absolute Gasteiger partial charge is 0.155 e. The van der Waals surface area contributed by atoms with Crippen molar-refractivity contribution in [2.24, 2.45) is 4.99 Å². The van der Waals surface area contributed by atoms with Crippen LogP contribution in [0.25, 0.3) is 17.4 Å². The Labute approximate surface area is 146 Å². The van der Waals surface area contributed by atoms with Crippen molar-refractivity contribution in [2.75, 3.05) is 18.0 Å². The van der Waals surface area contributed by atoms with Crippen molar-refractivity contribution in [3.63, 3.8) is 0 Å². The van der Waals surface area contributed by atoms with E-state index in [1.54, 1.807) is 12.1 Å². The van der Waals surface area contributed by atoms with Gasteiger partial charge in [0.05, 0.1) is 0 Å². The van der Waals surface area contributed by atoms with Crippen LogP contribution in [-0.2, 0) is 0 Å². The summed E-state index contributed by atoms with van der Waals surface area (Å²) in [7, 11) is 0. The first-order valence-electron chi connectivity index (χ1n) is 8.51. The van der Waals surface area contributed by atoms with Gasteiger partial charge in [-0.3, -0.25) is 0 Å². The van der Waals surface area contributed by atoms with Crippen LogP contribution in [0.5, 0.6) is 17.2 Å². The Balaban J connectivity index is 1.95. The van der Waals surface area contributed by atoms with Gasteiger partial charge in [0, 0.05) is 30.2 Å². The molecule has 0 saturated heterocycles. The number of hydrogen-bond donors (Lipinski definition) is 1. The van der Waals surface area contributed by atoms with E-state index in [0.29, 0.717) is 5.75 Å². The number of anilines is 1. The fourth-order valence-corrected chi connectivity index (χ4v) is 3.34. The monoisotopic (exact) mass is 332 g/mol. The zero-order valence-electron chi connectivity index (χ0n) is 14.4. The van der Waals surface area contributed by atoms with E-state index in [9.17, 15) is 5.11 Å². The number of nitrogens with zero attached hydrogens (tertiary/aromatic N) is 2. The van der Waals surface area contributed by atoms with Crippen LogP contribution in [-0.4, -0.2) is 18.2 Å². The number of hydrogen-bond acceptors (Lipinski definition) is 4. The lowest BCUT2D eigenvalue weighted by Crippen LogP contribution is -2.22. The van der Waals surface area contributed by atoms with Gasteiger partial charge in [0.1, 0.15) is 16.8 Å². The predicted molar refractivity (Wildman–Crippen MR) is 102 cm³/mol. The van der Waals surface area contributed by atoms with Crippen LogP contribution in [0.2, 0.25) is 0 Å². The number of aromatic hydroxyl groups is 1. The first kappa shape index (κ1) is 15.5. The molecule has 0 unspecified atom stereocenters. The van der Waals surface area contributed by atoms with E-state index >= 15 is 0 Å². The minimum atomic E-state index is 0.207. The standard InChI is InChI=1S/C21H20N2O2/c1-4-23(5-2)14-6-9-18-19(11-14)25-20-10-13(3)16-8-7-15(24)12-17(16)21(20)22-18/h6-12,24H,3-5H2,1-2H3. The zero-order valence-corrected chi connectivity index (χ0v) is 14.4. The molecule has 1 aliphatic rings. The van der Waals surface area contributed by atoms with Gasteiger partial charge in [-0.15, -0.1) is 0 Å². The van der Waals surface area contributed by atoms with Crippen molar-refractivity contribution in [2.45, 2.75) is 13.8 Å². The molecule has 1 heterocycles. The normalized spacial score (nSPS) is 12.1. The lowest BCUT2D eigenvalue weighted by Gasteiger charge is -2.23. The average molecular weight is 332 g/mol. The molecule has 0 radical (unpaired) electrons. The van der Waals surface area contributed by atoms with Crippen molar-refractivity contribution < 1.29 is 9.84 Å². The second-order valence-electron chi connectivity index (χ2n) is 6.15. The lowest BCUT2D eigenvalue weighted by molar-refractivity contribution is 0.470. The largest absolute Gasteiger partial charge is 0.508 e. The summed E-state index contributed by atoms with van der Waals surface area (Å²) in [5, 5.41) is 13.3. The maximum Gasteiger partial charge on any atom is 0.155 e. The summed E-state index contributed by atoms with van der Waals surface area (Å²) in [6.07, 6.45) is 0. The molecular formula is C21H20N2O2. The highest BCUT2D eigenvalue weighted by Crippen LogP contribution is 2.37. The second-order valence-corrected chi connectivity index (χ2v) is 6.15. The maximum absolute atomic E-state index is 9.86. The van der Waals surface area contributed by atoms with Crippen molar-refractivity contribution in [1.29, 1.82) is 0 Å². The van der Waals surface area contributed by atoms with Gasteiger partial charge in [0.25, 0.3) is 0 Å². The first-order chi connectivity index (χ1) is 12.1. The van der Waals surface area contributed by atoms with Crippen LogP contribution in [0.4, 0.5) is 11.4 Å². The lowest BCUT2D eigenvalue weighted by atomic mass is 10.1. The van der Waals surface area contributed by atoms with Crippen molar-refractivity contribution in [3.05, 3.63) is 53.0 Å². The Morgan fingerprint density at radius 3 is 2.56 bits per heavy atom. The van der Waals surface area contributed by atoms with E-state index in [-0.39, 0.29) is 5.75 Å². The molecule has 0 atom stereocenters. The summed E-state index contributed by atoms with van der Waals surface area (Å²) >= 11 is 0. The third kappa shape index (κ3) is 2.50. The fourth-order valence-electron chi connectivity index (χ4n) is 3.34. The van der Waals surface area contributed by atoms with Gasteiger partial charge in [0.15, 0.2) is 11.5 Å². The molecule has 0 bridgehead atoms. The van der Waals surface area contributed by atoms with Gasteiger partial charge in [-0.2, -0.15) is 0 Å². The van der Waals surface area contributed by atoms with Gasteiger partial charge in [0.2, 0.25) is 0 Å². The summed E-state index contributed by atoms with van der Waals surface area (Å²) in [5.41, 5.74) is 1.92. The van der Waals surface area contributed by atoms with E-state index < -0.39 is 0 Å². The molecule has 4 nitrogen and oxygen atoms in total. The molecule has 0 spiro atoms. The second kappa shape index (κ2) is 5.81. The Morgan fingerprint density at radius 2 is 1.80 bits per heavy atom. The molecule has 0 fully saturated rings. The summed E-state index contributed by atoms with van der Waals surface area (Å²) in [6.45, 7) is 10.3. The highest BCUT2D eigenvalue weighted by molar-refractivity contribution is 5.86. The van der Waals surface area contributed by atoms with Crippen LogP contribution in [0.3, 0.4) is 0 Å². The molecule has 0 saturated carbocycles. The van der Waals surface area contributed by atoms with Crippen molar-refractivity contribution in [1.82, 2.24) is 0 Å². The Hall–Kier alpha value is -3.01. The molecule has 25 heavy (non-hydrogen) atoms. The number of benzene rings is 3. The summed E-state index contributed by atoms with van der Waals surface area (Å²) in [4.78, 5) is 7.06. The number of fused-ring (bicyclic) bond motifs is 4. The topological polar surface area (TPSA) is 45.1 Å². The molecule has 0 aliphatic carbocycles. The quantitative estimate of drug-likeness (QED) is 0.620. The van der Waals surface area contributed by atoms with Gasteiger partial charge < -0.3 is 14.7 Å². The Kier molecular flexibility index (Phi) is 3.61. The SMILES string of the molecule is C=c1cc2c(c3cc(O)ccc13)=Nc1ccc(N(CC)CC)cc1O2. The van der Waals surface area contributed by atoms with E-state index in [1.165, 1.54) is 0 Å². The molecule has 0 amide bonds. The third-order valence-electron chi connectivity index (χ3n) is 4.67. The van der Waals surface area contributed by atoms with E-state index in [0.717, 1.165) is 51.6 Å². The zero-order chi connectivity index (χ0) is 17.6. The van der Waals surface area contributed by atoms with Gasteiger partial charge in [-0.1, -0.05) is 12.6 Å². The summed E-state index contributed by atoms with van der Waals surface area (Å²) in [6, 6.07) is 13.2. The number of ether oxygens (including phenoxy) is 1. The van der Waals surface area contributed by atoms with Crippen LogP contribution in [0.1, 0.15) is 13.8 Å². The van der Waals surface area contributed by atoms with Gasteiger partial charge >= 0.3 is 0 Å². The van der Waals surface area contributed by atoms with Crippen molar-refractivity contribution in [3.8, 4) is 17.2 Å². The minimum absolute atomic E-state index is 0.207. The van der Waals surface area contributed by atoms with E-state index in [4.69, 9.17) is 9.73 Å². The van der Waals surface area contributed by atoms with E-state index in [1.807, 2.05) is 24.3 Å². The van der Waals surface area contributed by atoms with Crippen LogP contribution >= 0.6 is 0 Å². The summed E-state index contributed by atoms with van der Waals surface area (Å²) in [5.74, 6) is 1.63. The van der Waals surface area contributed by atoms with Crippen LogP contribution in [0.15, 0.2) is 47.5 Å². The number of rotatable bonds is 3. The molecule has 4 rings (SSSR count). The molecule has 126 valence electrons. The molecule has 1 N–H and O–H groups in total. The molecule has 4 heteroatoms. The van der Waals surface area contributed by atoms with Gasteiger partial charge in [-0.25, -0.2) is 4.99 Å². The molecule has 0 aromatic heterocycles. The number of phenolic OH excluding ortho intramolecular Hbond substituents is 1. The summed E-state index contributed by atoms with van der Waals surface area (Å²) < 4.78 is 6.14. The van der Waals surface area contributed by atoms with Gasteiger partial charge in [-0.05, 0) is 54.8 Å². The number of phenols is 1. The first-order valence-corrected chi connectivity index (χ1v) is 8.51. The van der Waals surface area contributed by atoms with Crippen LogP contribution < -0.4 is 20.2 Å². The molecular weight excluding hydrogens is 312 g/mol. The highest BCUT2D eigenvalue weighted by atomic mass is 16.5. The Morgan fingerprint density at radius 1 is 1.00 bits per heavy atom. The molecule has 3 aromatic carbocycles. The predicted octanol–water partition coefficient (Wildman–Crippen LogP) is 3.86.